The van der Waals surface area contributed by atoms with E-state index in [9.17, 15) is 59.0 Å². The van der Waals surface area contributed by atoms with Crippen molar-refractivity contribution >= 4 is 35.5 Å². The monoisotopic (exact) mass is 869 g/mol. The van der Waals surface area contributed by atoms with Gasteiger partial charge in [-0.05, 0) is 71.0 Å². The second kappa shape index (κ2) is 19.3. The molecule has 15 nitrogen and oxygen atoms in total. The number of alkyl halides is 9. The summed E-state index contributed by atoms with van der Waals surface area (Å²) in [5.41, 5.74) is -2.57. The first-order chi connectivity index (χ1) is 27.8. The normalized spacial score (nSPS) is 23.1. The number of nitrogens with zero attached hydrogens (tertiary/aromatic N) is 8. The van der Waals surface area contributed by atoms with Gasteiger partial charge in [0, 0.05) is 52.4 Å². The maximum Gasteiger partial charge on any atom is 0.416 e. The number of urea groups is 3. The zero-order valence-electron chi connectivity index (χ0n) is 33.4. The highest BCUT2D eigenvalue weighted by Crippen LogP contribution is 2.35. The van der Waals surface area contributed by atoms with Gasteiger partial charge in [-0.3, -0.25) is 14.7 Å². The summed E-state index contributed by atoms with van der Waals surface area (Å²) in [5.74, 6) is -0.237. The molecule has 24 heteroatoms. The quantitative estimate of drug-likeness (QED) is 0.245. The lowest BCUT2D eigenvalue weighted by Gasteiger charge is -2.21. The molecule has 3 aliphatic rings. The van der Waals surface area contributed by atoms with Crippen molar-refractivity contribution in [3.63, 3.8) is 0 Å². The Morgan fingerprint density at radius 2 is 1.02 bits per heavy atom. The van der Waals surface area contributed by atoms with E-state index in [1.54, 1.807) is 34.7 Å². The molecular formula is C36H44F9N9O6. The number of aliphatic hydroxyl groups excluding tert-OH is 2. The maximum atomic E-state index is 12.7. The van der Waals surface area contributed by atoms with Crippen LogP contribution in [0.4, 0.5) is 71.4 Å². The predicted octanol–water partition coefficient (Wildman–Crippen LogP) is 6.42. The number of amides is 6. The van der Waals surface area contributed by atoms with Crippen molar-refractivity contribution in [3.8, 4) is 0 Å². The summed E-state index contributed by atoms with van der Waals surface area (Å²) < 4.78 is 119. The van der Waals surface area contributed by atoms with Gasteiger partial charge >= 0.3 is 36.6 Å². The number of aliphatic hydroxyl groups is 2. The summed E-state index contributed by atoms with van der Waals surface area (Å²) in [6.45, 7) is 9.09. The molecule has 3 aromatic rings. The maximum absolute atomic E-state index is 12.7. The number of likely N-dealkylation sites (N-methyl/N-ethyl adjacent to an activating group) is 2. The van der Waals surface area contributed by atoms with Crippen LogP contribution in [0.25, 0.3) is 0 Å². The molecule has 6 amide bonds. The Morgan fingerprint density at radius 1 is 0.633 bits per heavy atom. The Labute approximate surface area is 338 Å². The number of carbonyl (C=O) groups is 3. The van der Waals surface area contributed by atoms with E-state index in [1.165, 1.54) is 21.7 Å². The lowest BCUT2D eigenvalue weighted by molar-refractivity contribution is -0.138. The Morgan fingerprint density at radius 3 is 1.35 bits per heavy atom. The van der Waals surface area contributed by atoms with Gasteiger partial charge in [0.25, 0.3) is 0 Å². The summed E-state index contributed by atoms with van der Waals surface area (Å²) in [6.07, 6.45) is -12.8. The van der Waals surface area contributed by atoms with Crippen LogP contribution in [0.1, 0.15) is 51.3 Å². The smallest absolute Gasteiger partial charge is 0.400 e. The Hall–Kier alpha value is -5.49. The summed E-state index contributed by atoms with van der Waals surface area (Å²) in [6, 6.07) is 2.92. The van der Waals surface area contributed by atoms with Crippen molar-refractivity contribution in [2.75, 3.05) is 42.5 Å². The fraction of sp³-hybridized carbons (Fsp3) is 0.500. The number of hydrogen-bond donors (Lipinski definition) is 3. The molecule has 0 aliphatic carbocycles. The van der Waals surface area contributed by atoms with E-state index in [0.717, 1.165) is 65.8 Å². The highest BCUT2D eigenvalue weighted by atomic mass is 19.4. The third-order valence-corrected chi connectivity index (χ3v) is 9.63. The molecule has 0 bridgehead atoms. The molecule has 60 heavy (non-hydrogen) atoms. The topological polar surface area (TPSA) is 168 Å². The van der Waals surface area contributed by atoms with Crippen LogP contribution >= 0.6 is 0 Å². The number of carbonyl (C=O) groups excluding carboxylic acids is 3. The number of hydrogen-bond acceptors (Lipinski definition) is 9. The Balaban J connectivity index is 0.000000236. The third-order valence-electron chi connectivity index (χ3n) is 9.63. The molecule has 6 atom stereocenters. The molecule has 3 aromatic heterocycles. The highest BCUT2D eigenvalue weighted by Gasteiger charge is 2.46. The van der Waals surface area contributed by atoms with Crippen molar-refractivity contribution in [2.24, 2.45) is 0 Å². The number of anilines is 3. The molecule has 6 rings (SSSR count). The van der Waals surface area contributed by atoms with E-state index < -0.39 is 59.7 Å². The average Bonchev–Trinajstić information content (AvgIpc) is 3.65. The SMILES string of the molecule is CC1C(C)N(c2cc(C(F)(F)F)ccn2)C(=O)N1C.CC1NC(=O)N(c2cc(C(F)(F)F)ccn2)C1C.CCOC1C(O)N(c2cc(C(F)(F)F)ccn2)C(=O)N1C.CO. The molecular weight excluding hydrogens is 825 g/mol. The van der Waals surface area contributed by atoms with E-state index in [-0.39, 0.29) is 54.3 Å². The van der Waals surface area contributed by atoms with Crippen LogP contribution in [0, 0.1) is 0 Å². The Bertz CT molecular complexity index is 1960. The van der Waals surface area contributed by atoms with Gasteiger partial charge in [-0.2, -0.15) is 39.5 Å². The third kappa shape index (κ3) is 10.8. The molecule has 0 radical (unpaired) electrons. The van der Waals surface area contributed by atoms with E-state index in [4.69, 9.17) is 9.84 Å². The van der Waals surface area contributed by atoms with Gasteiger partial charge < -0.3 is 25.2 Å². The minimum absolute atomic E-state index is 0.0131. The van der Waals surface area contributed by atoms with Gasteiger partial charge in [-0.15, -0.1) is 0 Å². The zero-order chi connectivity index (χ0) is 45.7. The van der Waals surface area contributed by atoms with E-state index in [1.807, 2.05) is 6.92 Å². The number of nitrogens with one attached hydrogen (secondary N) is 1. The number of halogens is 9. The summed E-state index contributed by atoms with van der Waals surface area (Å²) in [7, 11) is 4.01. The van der Waals surface area contributed by atoms with Gasteiger partial charge in [0.2, 0.25) is 0 Å². The first kappa shape index (κ1) is 48.9. The number of ether oxygens (including phenoxy) is 1. The average molecular weight is 870 g/mol. The molecule has 332 valence electrons. The van der Waals surface area contributed by atoms with Crippen LogP contribution in [0.5, 0.6) is 0 Å². The minimum Gasteiger partial charge on any atom is -0.400 e. The van der Waals surface area contributed by atoms with Crippen LogP contribution in [0.3, 0.4) is 0 Å². The molecule has 3 saturated heterocycles. The van der Waals surface area contributed by atoms with Gasteiger partial charge in [0.05, 0.1) is 34.8 Å². The summed E-state index contributed by atoms with van der Waals surface area (Å²) in [4.78, 5) is 53.1. The highest BCUT2D eigenvalue weighted by molar-refractivity contribution is 5.95. The number of aromatic nitrogens is 3. The summed E-state index contributed by atoms with van der Waals surface area (Å²) in [5, 5.41) is 19.7. The van der Waals surface area contributed by atoms with Crippen LogP contribution < -0.4 is 20.0 Å². The van der Waals surface area contributed by atoms with E-state index in [2.05, 4.69) is 20.3 Å². The van der Waals surface area contributed by atoms with Gasteiger partial charge in [0.1, 0.15) is 17.5 Å². The second-order valence-electron chi connectivity index (χ2n) is 13.3. The fourth-order valence-electron chi connectivity index (χ4n) is 5.97. The first-order valence-corrected chi connectivity index (χ1v) is 17.9. The number of pyridine rings is 3. The van der Waals surface area contributed by atoms with Crippen LogP contribution in [0.15, 0.2) is 55.0 Å². The van der Waals surface area contributed by atoms with Crippen molar-refractivity contribution in [3.05, 3.63) is 71.7 Å². The molecule has 0 aromatic carbocycles. The van der Waals surface area contributed by atoms with Crippen molar-refractivity contribution in [1.29, 1.82) is 0 Å². The predicted molar refractivity (Wildman–Crippen MR) is 197 cm³/mol. The lowest BCUT2D eigenvalue weighted by atomic mass is 10.1. The Kier molecular flexibility index (Phi) is 15.7. The zero-order valence-corrected chi connectivity index (χ0v) is 33.4. The minimum atomic E-state index is -4.56. The largest absolute Gasteiger partial charge is 0.416 e. The van der Waals surface area contributed by atoms with E-state index >= 15 is 0 Å². The second-order valence-corrected chi connectivity index (χ2v) is 13.3. The molecule has 3 fully saturated rings. The molecule has 0 saturated carbocycles. The fourth-order valence-corrected chi connectivity index (χ4v) is 5.97. The van der Waals surface area contributed by atoms with Crippen LogP contribution in [-0.4, -0.2) is 117 Å². The molecule has 3 aliphatic heterocycles. The van der Waals surface area contributed by atoms with Gasteiger partial charge in [-0.25, -0.2) is 34.2 Å². The molecule has 6 unspecified atom stereocenters. The van der Waals surface area contributed by atoms with Gasteiger partial charge in [-0.1, -0.05) is 0 Å². The molecule has 6 heterocycles. The van der Waals surface area contributed by atoms with Crippen molar-refractivity contribution < 1.29 is 68.8 Å². The standard InChI is InChI=1S/C12H14F3N3O3.C12H14F3N3O.C11H12F3N3O.CH4O/c1-3-21-10-9(19)18(11(20)17(10)2)8-6-7(4-5-16-8)12(13,14)15;1-7-8(2)18(11(19)17(7)3)10-6-9(4-5-16-10)12(13,14)15;1-6-7(2)17(10(18)16-6)9-5-8(3-4-15-9)11(12,13)14;1-2/h4-6,9-10,19H,3H2,1-2H3;4-8H,1-3H3;3-7H,1-2H3,(H,16,18);2H,1H3. The van der Waals surface area contributed by atoms with Crippen molar-refractivity contribution in [2.45, 2.75) is 89.8 Å². The van der Waals surface area contributed by atoms with Crippen molar-refractivity contribution in [1.82, 2.24) is 30.1 Å². The number of rotatable bonds is 5. The van der Waals surface area contributed by atoms with Crippen LogP contribution in [-0.2, 0) is 23.3 Å². The first-order valence-electron chi connectivity index (χ1n) is 17.9. The van der Waals surface area contributed by atoms with Gasteiger partial charge in [0.15, 0.2) is 12.5 Å². The lowest BCUT2D eigenvalue weighted by Crippen LogP contribution is -2.38. The summed E-state index contributed by atoms with van der Waals surface area (Å²) >= 11 is 0. The molecule has 0 spiro atoms. The van der Waals surface area contributed by atoms with Crippen LogP contribution in [0.2, 0.25) is 0 Å². The molecule has 3 N–H and O–H groups in total. The van der Waals surface area contributed by atoms with E-state index in [0.29, 0.717) is 6.07 Å².